The second-order valence-corrected chi connectivity index (χ2v) is 4.97. The monoisotopic (exact) mass is 300 g/mol. The summed E-state index contributed by atoms with van der Waals surface area (Å²) >= 11 is 1.34. The minimum absolute atomic E-state index is 0.0804. The van der Waals surface area contributed by atoms with Gasteiger partial charge in [0.25, 0.3) is 5.69 Å². The van der Waals surface area contributed by atoms with Crippen LogP contribution >= 0.6 is 11.3 Å². The SMILES string of the molecule is O=Cc1cn(-c2ccccc2[N+](=O)[O-])nc1-c1nccs1. The van der Waals surface area contributed by atoms with Crippen LogP contribution in [0.1, 0.15) is 10.4 Å². The first-order valence-electron chi connectivity index (χ1n) is 5.89. The van der Waals surface area contributed by atoms with Crippen LogP contribution in [0, 0.1) is 10.1 Å². The molecule has 0 aliphatic carbocycles. The third-order valence-electron chi connectivity index (χ3n) is 2.83. The summed E-state index contributed by atoms with van der Waals surface area (Å²) in [7, 11) is 0. The van der Waals surface area contributed by atoms with E-state index in [2.05, 4.69) is 10.1 Å². The second-order valence-electron chi connectivity index (χ2n) is 4.08. The molecule has 0 amide bonds. The van der Waals surface area contributed by atoms with Gasteiger partial charge in [0.15, 0.2) is 6.29 Å². The van der Waals surface area contributed by atoms with E-state index in [1.165, 1.54) is 28.3 Å². The highest BCUT2D eigenvalue weighted by molar-refractivity contribution is 7.13. The number of carbonyl (C=O) groups is 1. The molecule has 0 bridgehead atoms. The van der Waals surface area contributed by atoms with Crippen molar-refractivity contribution in [3.63, 3.8) is 0 Å². The molecule has 21 heavy (non-hydrogen) atoms. The number of nitrogens with zero attached hydrogens (tertiary/aromatic N) is 4. The van der Waals surface area contributed by atoms with E-state index in [1.54, 1.807) is 29.8 Å². The van der Waals surface area contributed by atoms with Crippen molar-refractivity contribution in [2.45, 2.75) is 0 Å². The highest BCUT2D eigenvalue weighted by Crippen LogP contribution is 2.27. The van der Waals surface area contributed by atoms with Crippen LogP contribution in [0.4, 0.5) is 5.69 Å². The lowest BCUT2D eigenvalue weighted by molar-refractivity contribution is -0.384. The molecule has 2 aromatic heterocycles. The average Bonchev–Trinajstić information content (AvgIpc) is 3.15. The van der Waals surface area contributed by atoms with E-state index in [1.807, 2.05) is 0 Å². The molecule has 7 nitrogen and oxygen atoms in total. The van der Waals surface area contributed by atoms with Crippen molar-refractivity contribution >= 4 is 23.3 Å². The maximum Gasteiger partial charge on any atom is 0.294 e. The summed E-state index contributed by atoms with van der Waals surface area (Å²) in [5.74, 6) is 0. The van der Waals surface area contributed by atoms with E-state index in [0.29, 0.717) is 28.2 Å². The summed E-state index contributed by atoms with van der Waals surface area (Å²) in [6.07, 6.45) is 3.74. The number of nitro groups is 1. The number of aromatic nitrogens is 3. The van der Waals surface area contributed by atoms with Crippen LogP contribution < -0.4 is 0 Å². The van der Waals surface area contributed by atoms with Crippen LogP contribution in [-0.2, 0) is 0 Å². The smallest absolute Gasteiger partial charge is 0.294 e. The van der Waals surface area contributed by atoms with E-state index in [-0.39, 0.29) is 5.69 Å². The summed E-state index contributed by atoms with van der Waals surface area (Å²) in [6, 6.07) is 6.22. The topological polar surface area (TPSA) is 90.9 Å². The Morgan fingerprint density at radius 2 is 2.14 bits per heavy atom. The Balaban J connectivity index is 2.17. The van der Waals surface area contributed by atoms with Crippen LogP contribution in [0.15, 0.2) is 42.0 Å². The molecule has 0 spiro atoms. The number of benzene rings is 1. The first-order valence-corrected chi connectivity index (χ1v) is 6.77. The predicted octanol–water partition coefficient (Wildman–Crippen LogP) is 2.72. The molecule has 3 rings (SSSR count). The van der Waals surface area contributed by atoms with Crippen LogP contribution in [0.2, 0.25) is 0 Å². The molecule has 8 heteroatoms. The standard InChI is InChI=1S/C13H8N4O3S/c18-8-9-7-16(15-12(9)13-14-5-6-21-13)10-3-1-2-4-11(10)17(19)20/h1-8H. The fourth-order valence-corrected chi connectivity index (χ4v) is 2.56. The fraction of sp³-hybridized carbons (Fsp3) is 0. The molecule has 0 saturated heterocycles. The Morgan fingerprint density at radius 1 is 1.33 bits per heavy atom. The van der Waals surface area contributed by atoms with Gasteiger partial charge in [-0.25, -0.2) is 9.67 Å². The van der Waals surface area contributed by atoms with Crippen molar-refractivity contribution in [1.29, 1.82) is 0 Å². The number of rotatable bonds is 4. The predicted molar refractivity (Wildman–Crippen MR) is 76.7 cm³/mol. The van der Waals surface area contributed by atoms with Gasteiger partial charge in [0, 0.05) is 23.8 Å². The van der Waals surface area contributed by atoms with Crippen LogP contribution in [-0.4, -0.2) is 26.0 Å². The lowest BCUT2D eigenvalue weighted by Gasteiger charge is -2.01. The van der Waals surface area contributed by atoms with Crippen molar-refractivity contribution in [2.75, 3.05) is 0 Å². The minimum atomic E-state index is -0.485. The molecule has 0 N–H and O–H groups in total. The van der Waals surface area contributed by atoms with Gasteiger partial charge in [-0.05, 0) is 6.07 Å². The molecule has 0 unspecified atom stereocenters. The number of carbonyl (C=O) groups excluding carboxylic acids is 1. The molecule has 0 saturated carbocycles. The van der Waals surface area contributed by atoms with Crippen LogP contribution in [0.5, 0.6) is 0 Å². The largest absolute Gasteiger partial charge is 0.298 e. The highest BCUT2D eigenvalue weighted by Gasteiger charge is 2.19. The lowest BCUT2D eigenvalue weighted by atomic mass is 10.2. The van der Waals surface area contributed by atoms with Gasteiger partial charge in [0.2, 0.25) is 0 Å². The number of hydrogen-bond donors (Lipinski definition) is 0. The van der Waals surface area contributed by atoms with E-state index in [4.69, 9.17) is 0 Å². The van der Waals surface area contributed by atoms with E-state index in [0.717, 1.165) is 0 Å². The second kappa shape index (κ2) is 5.25. The Kier molecular flexibility index (Phi) is 3.28. The zero-order valence-electron chi connectivity index (χ0n) is 10.5. The summed E-state index contributed by atoms with van der Waals surface area (Å²) < 4.78 is 1.33. The number of aldehydes is 1. The molecule has 0 aliphatic heterocycles. The van der Waals surface area contributed by atoms with Gasteiger partial charge in [-0.15, -0.1) is 11.3 Å². The third-order valence-corrected chi connectivity index (χ3v) is 3.61. The summed E-state index contributed by atoms with van der Waals surface area (Å²) in [4.78, 5) is 25.9. The molecule has 2 heterocycles. The molecule has 0 radical (unpaired) electrons. The van der Waals surface area contributed by atoms with E-state index >= 15 is 0 Å². The maximum absolute atomic E-state index is 11.2. The summed E-state index contributed by atoms with van der Waals surface area (Å²) in [6.45, 7) is 0. The molecule has 104 valence electrons. The quantitative estimate of drug-likeness (QED) is 0.419. The zero-order chi connectivity index (χ0) is 14.8. The Bertz CT molecular complexity index is 811. The van der Waals surface area contributed by atoms with Crippen molar-refractivity contribution in [2.24, 2.45) is 0 Å². The molecule has 0 aliphatic rings. The first kappa shape index (κ1) is 13.1. The van der Waals surface area contributed by atoms with Gasteiger partial charge in [-0.2, -0.15) is 5.10 Å². The first-order chi connectivity index (χ1) is 10.2. The van der Waals surface area contributed by atoms with Crippen molar-refractivity contribution in [3.05, 3.63) is 57.7 Å². The molecule has 0 fully saturated rings. The third kappa shape index (κ3) is 2.32. The number of hydrogen-bond acceptors (Lipinski definition) is 6. The Labute approximate surface area is 122 Å². The van der Waals surface area contributed by atoms with Gasteiger partial charge in [0.1, 0.15) is 16.4 Å². The van der Waals surface area contributed by atoms with Gasteiger partial charge < -0.3 is 0 Å². The normalized spacial score (nSPS) is 10.5. The molecule has 1 aromatic carbocycles. The lowest BCUT2D eigenvalue weighted by Crippen LogP contribution is -2.00. The van der Waals surface area contributed by atoms with Crippen LogP contribution in [0.25, 0.3) is 16.4 Å². The van der Waals surface area contributed by atoms with Gasteiger partial charge >= 0.3 is 0 Å². The number of thiazole rings is 1. The molecular weight excluding hydrogens is 292 g/mol. The van der Waals surface area contributed by atoms with Gasteiger partial charge in [-0.1, -0.05) is 12.1 Å². The number of nitro benzene ring substituents is 1. The van der Waals surface area contributed by atoms with E-state index < -0.39 is 4.92 Å². The zero-order valence-corrected chi connectivity index (χ0v) is 11.4. The molecule has 3 aromatic rings. The molecule has 0 atom stereocenters. The fourth-order valence-electron chi connectivity index (χ4n) is 1.92. The maximum atomic E-state index is 11.2. The molecular formula is C13H8N4O3S. The highest BCUT2D eigenvalue weighted by atomic mass is 32.1. The van der Waals surface area contributed by atoms with Crippen molar-refractivity contribution in [1.82, 2.24) is 14.8 Å². The van der Waals surface area contributed by atoms with Crippen LogP contribution in [0.3, 0.4) is 0 Å². The Hall–Kier alpha value is -2.87. The summed E-state index contributed by atoms with van der Waals surface area (Å²) in [5, 5.41) is 17.7. The van der Waals surface area contributed by atoms with Crippen molar-refractivity contribution < 1.29 is 9.72 Å². The summed E-state index contributed by atoms with van der Waals surface area (Å²) in [5.41, 5.74) is 0.970. The average molecular weight is 300 g/mol. The minimum Gasteiger partial charge on any atom is -0.298 e. The van der Waals surface area contributed by atoms with Gasteiger partial charge in [-0.3, -0.25) is 14.9 Å². The van der Waals surface area contributed by atoms with E-state index in [9.17, 15) is 14.9 Å². The Morgan fingerprint density at radius 3 is 2.81 bits per heavy atom. The van der Waals surface area contributed by atoms with Gasteiger partial charge in [0.05, 0.1) is 10.5 Å². The van der Waals surface area contributed by atoms with Crippen molar-refractivity contribution in [3.8, 4) is 16.4 Å². The number of para-hydroxylation sites is 2.